The molecule has 1 aromatic carbocycles. The van der Waals surface area contributed by atoms with Crippen LogP contribution in [0, 0.1) is 16.0 Å². The number of hydrogen-bond donors (Lipinski definition) is 1. The third-order valence-electron chi connectivity index (χ3n) is 3.06. The third kappa shape index (κ3) is 2.51. The maximum absolute atomic E-state index is 10.5. The van der Waals surface area contributed by atoms with Gasteiger partial charge in [-0.1, -0.05) is 6.92 Å². The Bertz CT molecular complexity index is 371. The Kier molecular flexibility index (Phi) is 3.08. The molecule has 2 rings (SSSR count). The largest absolute Gasteiger partial charge is 0.382 e. The number of anilines is 1. The number of hydrogen-bond acceptors (Lipinski definition) is 3. The monoisotopic (exact) mass is 220 g/mol. The summed E-state index contributed by atoms with van der Waals surface area (Å²) in [5, 5.41) is 13.9. The van der Waals surface area contributed by atoms with Crippen molar-refractivity contribution in [1.82, 2.24) is 0 Å². The second kappa shape index (κ2) is 4.51. The second-order valence-electron chi connectivity index (χ2n) is 4.30. The zero-order valence-corrected chi connectivity index (χ0v) is 9.35. The minimum Gasteiger partial charge on any atom is -0.382 e. The van der Waals surface area contributed by atoms with Crippen LogP contribution in [0.3, 0.4) is 0 Å². The molecule has 1 aliphatic carbocycles. The average molecular weight is 220 g/mol. The summed E-state index contributed by atoms with van der Waals surface area (Å²) in [6.07, 6.45) is 3.71. The van der Waals surface area contributed by atoms with Crippen molar-refractivity contribution in [2.75, 3.05) is 5.32 Å². The van der Waals surface area contributed by atoms with Gasteiger partial charge in [0, 0.05) is 23.9 Å². The lowest BCUT2D eigenvalue weighted by Gasteiger charge is -2.17. The Hall–Kier alpha value is -1.58. The molecule has 1 aromatic rings. The summed E-state index contributed by atoms with van der Waals surface area (Å²) in [5.74, 6) is 0.792. The van der Waals surface area contributed by atoms with Gasteiger partial charge in [-0.3, -0.25) is 10.1 Å². The number of rotatable bonds is 5. The minimum atomic E-state index is -0.373. The molecule has 1 aliphatic rings. The maximum atomic E-state index is 10.5. The summed E-state index contributed by atoms with van der Waals surface area (Å²) in [5.41, 5.74) is 1.12. The molecule has 4 nitrogen and oxygen atoms in total. The van der Waals surface area contributed by atoms with Crippen LogP contribution in [-0.4, -0.2) is 11.0 Å². The Balaban J connectivity index is 2.01. The first-order chi connectivity index (χ1) is 7.70. The number of nitrogens with one attached hydrogen (secondary N) is 1. The fourth-order valence-corrected chi connectivity index (χ4v) is 1.95. The lowest BCUT2D eigenvalue weighted by Crippen LogP contribution is -2.20. The Morgan fingerprint density at radius 3 is 2.50 bits per heavy atom. The van der Waals surface area contributed by atoms with E-state index in [2.05, 4.69) is 12.2 Å². The summed E-state index contributed by atoms with van der Waals surface area (Å²) >= 11 is 0. The lowest BCUT2D eigenvalue weighted by molar-refractivity contribution is -0.384. The van der Waals surface area contributed by atoms with Crippen LogP contribution in [0.25, 0.3) is 0 Å². The fourth-order valence-electron chi connectivity index (χ4n) is 1.95. The molecule has 0 aromatic heterocycles. The van der Waals surface area contributed by atoms with Crippen molar-refractivity contribution in [1.29, 1.82) is 0 Å². The van der Waals surface area contributed by atoms with E-state index in [9.17, 15) is 10.1 Å². The molecular formula is C12H16N2O2. The summed E-state index contributed by atoms with van der Waals surface area (Å²) in [4.78, 5) is 10.1. The molecule has 1 N–H and O–H groups in total. The predicted molar refractivity (Wildman–Crippen MR) is 63.5 cm³/mol. The van der Waals surface area contributed by atoms with Crippen LogP contribution in [0.1, 0.15) is 26.2 Å². The van der Waals surface area contributed by atoms with E-state index in [1.54, 1.807) is 24.3 Å². The van der Waals surface area contributed by atoms with Crippen LogP contribution in [0.4, 0.5) is 11.4 Å². The molecule has 0 heterocycles. The van der Waals surface area contributed by atoms with Crippen LogP contribution >= 0.6 is 0 Å². The van der Waals surface area contributed by atoms with Crippen LogP contribution in [0.15, 0.2) is 24.3 Å². The molecule has 0 radical (unpaired) electrons. The Morgan fingerprint density at radius 2 is 2.06 bits per heavy atom. The zero-order valence-electron chi connectivity index (χ0n) is 9.35. The summed E-state index contributed by atoms with van der Waals surface area (Å²) in [7, 11) is 0. The van der Waals surface area contributed by atoms with Crippen LogP contribution in [0.5, 0.6) is 0 Å². The Labute approximate surface area is 94.8 Å². The predicted octanol–water partition coefficient (Wildman–Crippen LogP) is 3.20. The van der Waals surface area contributed by atoms with Crippen LogP contribution in [0.2, 0.25) is 0 Å². The highest BCUT2D eigenvalue weighted by Crippen LogP contribution is 2.35. The molecule has 0 saturated heterocycles. The number of nitro groups is 1. The van der Waals surface area contributed by atoms with Gasteiger partial charge in [-0.2, -0.15) is 0 Å². The first-order valence-corrected chi connectivity index (χ1v) is 5.71. The molecule has 4 heteroatoms. The van der Waals surface area contributed by atoms with E-state index in [1.165, 1.54) is 12.8 Å². The van der Waals surface area contributed by atoms with E-state index in [1.807, 2.05) is 0 Å². The molecule has 16 heavy (non-hydrogen) atoms. The van der Waals surface area contributed by atoms with E-state index >= 15 is 0 Å². The van der Waals surface area contributed by atoms with E-state index in [0.29, 0.717) is 6.04 Å². The average Bonchev–Trinajstić information content (AvgIpc) is 3.10. The lowest BCUT2D eigenvalue weighted by atomic mass is 10.1. The number of nitrogens with zero attached hydrogens (tertiary/aromatic N) is 1. The van der Waals surface area contributed by atoms with Crippen molar-refractivity contribution >= 4 is 11.4 Å². The third-order valence-corrected chi connectivity index (χ3v) is 3.06. The minimum absolute atomic E-state index is 0.144. The van der Waals surface area contributed by atoms with Crippen LogP contribution in [-0.2, 0) is 0 Å². The zero-order chi connectivity index (χ0) is 11.5. The van der Waals surface area contributed by atoms with Crippen molar-refractivity contribution in [3.05, 3.63) is 34.4 Å². The molecular weight excluding hydrogens is 204 g/mol. The van der Waals surface area contributed by atoms with Gasteiger partial charge in [0.05, 0.1) is 4.92 Å². The molecule has 0 bridgehead atoms. The molecule has 86 valence electrons. The molecule has 0 amide bonds. The number of benzene rings is 1. The van der Waals surface area contributed by atoms with Crippen molar-refractivity contribution in [3.8, 4) is 0 Å². The topological polar surface area (TPSA) is 55.2 Å². The molecule has 1 fully saturated rings. The standard InChI is InChI=1S/C12H16N2O2/c1-2-12(9-3-4-9)13-10-5-7-11(8-6-10)14(15)16/h5-9,12-13H,2-4H2,1H3. The number of non-ortho nitro benzene ring substituents is 1. The van der Waals surface area contributed by atoms with Crippen molar-refractivity contribution < 1.29 is 4.92 Å². The molecule has 1 unspecified atom stereocenters. The van der Waals surface area contributed by atoms with Crippen molar-refractivity contribution in [3.63, 3.8) is 0 Å². The van der Waals surface area contributed by atoms with Gasteiger partial charge in [-0.05, 0) is 37.3 Å². The van der Waals surface area contributed by atoms with E-state index in [4.69, 9.17) is 0 Å². The smallest absolute Gasteiger partial charge is 0.269 e. The summed E-state index contributed by atoms with van der Waals surface area (Å²) in [6, 6.07) is 7.16. The van der Waals surface area contributed by atoms with Gasteiger partial charge < -0.3 is 5.32 Å². The number of nitro benzene ring substituents is 1. The first kappa shape index (κ1) is 10.9. The fraction of sp³-hybridized carbons (Fsp3) is 0.500. The Morgan fingerprint density at radius 1 is 1.44 bits per heavy atom. The quantitative estimate of drug-likeness (QED) is 0.612. The highest BCUT2D eigenvalue weighted by molar-refractivity contribution is 5.49. The van der Waals surface area contributed by atoms with Gasteiger partial charge >= 0.3 is 0 Å². The van der Waals surface area contributed by atoms with Gasteiger partial charge in [-0.15, -0.1) is 0 Å². The van der Waals surface area contributed by atoms with E-state index in [-0.39, 0.29) is 10.6 Å². The van der Waals surface area contributed by atoms with Gasteiger partial charge in [0.2, 0.25) is 0 Å². The molecule has 1 saturated carbocycles. The first-order valence-electron chi connectivity index (χ1n) is 5.71. The second-order valence-corrected chi connectivity index (χ2v) is 4.30. The van der Waals surface area contributed by atoms with Gasteiger partial charge in [-0.25, -0.2) is 0 Å². The van der Waals surface area contributed by atoms with Crippen molar-refractivity contribution in [2.24, 2.45) is 5.92 Å². The molecule has 0 aliphatic heterocycles. The highest BCUT2D eigenvalue weighted by Gasteiger charge is 2.29. The van der Waals surface area contributed by atoms with Gasteiger partial charge in [0.25, 0.3) is 5.69 Å². The summed E-state index contributed by atoms with van der Waals surface area (Å²) < 4.78 is 0. The van der Waals surface area contributed by atoms with Gasteiger partial charge in [0.15, 0.2) is 0 Å². The van der Waals surface area contributed by atoms with E-state index in [0.717, 1.165) is 18.0 Å². The molecule has 0 spiro atoms. The summed E-state index contributed by atoms with van der Waals surface area (Å²) in [6.45, 7) is 2.17. The SMILES string of the molecule is CCC(Nc1ccc([N+](=O)[O-])cc1)C1CC1. The van der Waals surface area contributed by atoms with Gasteiger partial charge in [0.1, 0.15) is 0 Å². The van der Waals surface area contributed by atoms with Crippen LogP contribution < -0.4 is 5.32 Å². The van der Waals surface area contributed by atoms with Crippen molar-refractivity contribution in [2.45, 2.75) is 32.2 Å². The molecule has 1 atom stereocenters. The van der Waals surface area contributed by atoms with E-state index < -0.39 is 0 Å². The maximum Gasteiger partial charge on any atom is 0.269 e. The highest BCUT2D eigenvalue weighted by atomic mass is 16.6. The normalized spacial score (nSPS) is 16.8.